The van der Waals surface area contributed by atoms with Crippen molar-refractivity contribution in [2.75, 3.05) is 20.3 Å². The average molecular weight is 571 g/mol. The second-order valence-corrected chi connectivity index (χ2v) is 10.1. The van der Waals surface area contributed by atoms with Crippen LogP contribution in [0.15, 0.2) is 72.8 Å². The smallest absolute Gasteiger partial charge is 0.263 e. The van der Waals surface area contributed by atoms with Crippen LogP contribution in [0, 0.1) is 0 Å². The zero-order valence-electron chi connectivity index (χ0n) is 22.3. The Bertz CT molecular complexity index is 1270. The SMILES string of the molecule is COc1ccc(CCC(=O)N(C2CCOCC2)C(C(=O)NCc2ccc(Cl)cc2)c2cccc(C(F)F)c2)cc1. The predicted molar refractivity (Wildman–Crippen MR) is 149 cm³/mol. The highest BCUT2D eigenvalue weighted by atomic mass is 35.5. The van der Waals surface area contributed by atoms with Crippen molar-refractivity contribution in [2.45, 2.75) is 50.7 Å². The number of nitrogens with one attached hydrogen (secondary N) is 1. The largest absolute Gasteiger partial charge is 0.497 e. The van der Waals surface area contributed by atoms with E-state index in [1.165, 1.54) is 18.2 Å². The molecule has 1 heterocycles. The minimum absolute atomic E-state index is 0.152. The number of methoxy groups -OCH3 is 1. The van der Waals surface area contributed by atoms with Crippen molar-refractivity contribution >= 4 is 23.4 Å². The monoisotopic (exact) mass is 570 g/mol. The van der Waals surface area contributed by atoms with Crippen LogP contribution in [0.2, 0.25) is 5.02 Å². The van der Waals surface area contributed by atoms with E-state index in [4.69, 9.17) is 21.1 Å². The summed E-state index contributed by atoms with van der Waals surface area (Å²) in [6, 6.07) is 18.9. The van der Waals surface area contributed by atoms with Crippen LogP contribution in [-0.4, -0.2) is 43.1 Å². The number of nitrogens with zero attached hydrogens (tertiary/aromatic N) is 1. The molecule has 0 bridgehead atoms. The first kappa shape index (κ1) is 29.5. The second-order valence-electron chi connectivity index (χ2n) is 9.71. The molecule has 6 nitrogen and oxygen atoms in total. The number of carbonyl (C=O) groups excluding carboxylic acids is 2. The molecule has 0 aromatic heterocycles. The predicted octanol–water partition coefficient (Wildman–Crippen LogP) is 6.28. The van der Waals surface area contributed by atoms with Crippen molar-refractivity contribution in [3.05, 3.63) is 100 Å². The average Bonchev–Trinajstić information content (AvgIpc) is 2.99. The lowest BCUT2D eigenvalue weighted by Gasteiger charge is -2.39. The van der Waals surface area contributed by atoms with Gasteiger partial charge >= 0.3 is 0 Å². The topological polar surface area (TPSA) is 67.9 Å². The van der Waals surface area contributed by atoms with Gasteiger partial charge in [0, 0.05) is 42.8 Å². The van der Waals surface area contributed by atoms with E-state index in [9.17, 15) is 18.4 Å². The number of halogens is 3. The van der Waals surface area contributed by atoms with E-state index in [2.05, 4.69) is 5.32 Å². The molecule has 3 aromatic carbocycles. The van der Waals surface area contributed by atoms with E-state index in [0.717, 1.165) is 16.9 Å². The summed E-state index contributed by atoms with van der Waals surface area (Å²) in [5.74, 6) is 0.0534. The van der Waals surface area contributed by atoms with Crippen molar-refractivity contribution in [1.82, 2.24) is 10.2 Å². The fraction of sp³-hybridized carbons (Fsp3) is 0.355. The van der Waals surface area contributed by atoms with Crippen molar-refractivity contribution in [3.8, 4) is 5.75 Å². The third kappa shape index (κ3) is 7.79. The van der Waals surface area contributed by atoms with E-state index in [-0.39, 0.29) is 30.5 Å². The van der Waals surface area contributed by atoms with Crippen LogP contribution in [0.25, 0.3) is 0 Å². The van der Waals surface area contributed by atoms with Gasteiger partial charge in [-0.15, -0.1) is 0 Å². The minimum atomic E-state index is -2.71. The van der Waals surface area contributed by atoms with Crippen molar-refractivity contribution in [1.29, 1.82) is 0 Å². The Morgan fingerprint density at radius 2 is 1.65 bits per heavy atom. The second kappa shape index (κ2) is 14.2. The van der Waals surface area contributed by atoms with Crippen LogP contribution in [0.1, 0.15) is 54.0 Å². The van der Waals surface area contributed by atoms with E-state index >= 15 is 0 Å². The summed E-state index contributed by atoms with van der Waals surface area (Å²) >= 11 is 5.99. The van der Waals surface area contributed by atoms with E-state index in [0.29, 0.717) is 43.1 Å². The molecule has 212 valence electrons. The molecule has 0 radical (unpaired) electrons. The number of aryl methyl sites for hydroxylation is 1. The lowest BCUT2D eigenvalue weighted by Crippen LogP contribution is -2.50. The van der Waals surface area contributed by atoms with Gasteiger partial charge in [-0.05, 0) is 66.3 Å². The summed E-state index contributed by atoms with van der Waals surface area (Å²) < 4.78 is 38.1. The molecule has 1 N–H and O–H groups in total. The Labute approximate surface area is 238 Å². The van der Waals surface area contributed by atoms with Crippen LogP contribution in [-0.2, 0) is 27.3 Å². The quantitative estimate of drug-likeness (QED) is 0.294. The van der Waals surface area contributed by atoms with Crippen LogP contribution in [0.3, 0.4) is 0 Å². The summed E-state index contributed by atoms with van der Waals surface area (Å²) in [6.45, 7) is 1.09. The highest BCUT2D eigenvalue weighted by Crippen LogP contribution is 2.31. The molecule has 0 spiro atoms. The first-order valence-electron chi connectivity index (χ1n) is 13.3. The Morgan fingerprint density at radius 3 is 2.30 bits per heavy atom. The van der Waals surface area contributed by atoms with Crippen molar-refractivity contribution in [3.63, 3.8) is 0 Å². The van der Waals surface area contributed by atoms with Gasteiger partial charge in [0.2, 0.25) is 11.8 Å². The molecule has 1 aliphatic heterocycles. The Hall–Kier alpha value is -3.49. The minimum Gasteiger partial charge on any atom is -0.497 e. The van der Waals surface area contributed by atoms with Gasteiger partial charge in [-0.3, -0.25) is 9.59 Å². The summed E-state index contributed by atoms with van der Waals surface area (Å²) in [4.78, 5) is 29.3. The molecular weight excluding hydrogens is 538 g/mol. The van der Waals surface area contributed by atoms with E-state index in [1.54, 1.807) is 42.3 Å². The number of hydrogen-bond donors (Lipinski definition) is 1. The van der Waals surface area contributed by atoms with Crippen LogP contribution < -0.4 is 10.1 Å². The molecule has 1 unspecified atom stereocenters. The molecule has 0 aliphatic carbocycles. The van der Waals surface area contributed by atoms with Crippen LogP contribution in [0.4, 0.5) is 8.78 Å². The molecule has 40 heavy (non-hydrogen) atoms. The number of benzene rings is 3. The standard InChI is InChI=1S/C31H33ClF2N2O4/c1-39-27-12-7-21(8-13-27)9-14-28(37)36(26-15-17-40-18-16-26)29(23-3-2-4-24(19-23)30(33)34)31(38)35-20-22-5-10-25(32)11-6-22/h2-8,10-13,19,26,29-30H,9,14-18,20H2,1H3,(H,35,38). The third-order valence-corrected chi connectivity index (χ3v) is 7.30. The maximum Gasteiger partial charge on any atom is 0.263 e. The normalized spacial score (nSPS) is 14.5. The number of carbonyl (C=O) groups is 2. The molecule has 3 aromatic rings. The first-order valence-corrected chi connectivity index (χ1v) is 13.7. The molecule has 4 rings (SSSR count). The molecule has 1 aliphatic rings. The van der Waals surface area contributed by atoms with Gasteiger partial charge < -0.3 is 19.7 Å². The van der Waals surface area contributed by atoms with Gasteiger partial charge in [0.05, 0.1) is 7.11 Å². The molecule has 0 saturated carbocycles. The van der Waals surface area contributed by atoms with Crippen molar-refractivity contribution in [2.24, 2.45) is 0 Å². The maximum absolute atomic E-state index is 13.9. The molecule has 2 amide bonds. The van der Waals surface area contributed by atoms with Gasteiger partial charge in [0.1, 0.15) is 11.8 Å². The van der Waals surface area contributed by atoms with Gasteiger partial charge in [0.15, 0.2) is 0 Å². The Balaban J connectivity index is 1.64. The Kier molecular flexibility index (Phi) is 10.5. The molecule has 1 saturated heterocycles. The third-order valence-electron chi connectivity index (χ3n) is 7.04. The van der Waals surface area contributed by atoms with E-state index in [1.807, 2.05) is 24.3 Å². The molecular formula is C31H33ClF2N2O4. The fourth-order valence-electron chi connectivity index (χ4n) is 4.89. The van der Waals surface area contributed by atoms with Gasteiger partial charge in [0.25, 0.3) is 6.43 Å². The van der Waals surface area contributed by atoms with Gasteiger partial charge in [-0.1, -0.05) is 54.1 Å². The zero-order chi connectivity index (χ0) is 28.5. The number of alkyl halides is 2. The highest BCUT2D eigenvalue weighted by molar-refractivity contribution is 6.30. The zero-order valence-corrected chi connectivity index (χ0v) is 23.1. The van der Waals surface area contributed by atoms with Gasteiger partial charge in [-0.25, -0.2) is 8.78 Å². The number of hydrogen-bond acceptors (Lipinski definition) is 4. The van der Waals surface area contributed by atoms with Crippen LogP contribution in [0.5, 0.6) is 5.75 Å². The van der Waals surface area contributed by atoms with E-state index < -0.39 is 18.4 Å². The molecule has 9 heteroatoms. The molecule has 1 fully saturated rings. The lowest BCUT2D eigenvalue weighted by atomic mass is 9.96. The molecule has 1 atom stereocenters. The summed E-state index contributed by atoms with van der Waals surface area (Å²) in [7, 11) is 1.59. The van der Waals surface area contributed by atoms with Gasteiger partial charge in [-0.2, -0.15) is 0 Å². The number of ether oxygens (including phenoxy) is 2. The summed E-state index contributed by atoms with van der Waals surface area (Å²) in [5, 5.41) is 3.49. The summed E-state index contributed by atoms with van der Waals surface area (Å²) in [5.41, 5.74) is 1.91. The highest BCUT2D eigenvalue weighted by Gasteiger charge is 2.37. The summed E-state index contributed by atoms with van der Waals surface area (Å²) in [6.07, 6.45) is -1.01. The number of rotatable bonds is 11. The van der Waals surface area contributed by atoms with Crippen molar-refractivity contribution < 1.29 is 27.8 Å². The Morgan fingerprint density at radius 1 is 1.00 bits per heavy atom. The van der Waals surface area contributed by atoms with Crippen LogP contribution >= 0.6 is 11.6 Å². The first-order chi connectivity index (χ1) is 19.4. The maximum atomic E-state index is 13.9. The lowest BCUT2D eigenvalue weighted by molar-refractivity contribution is -0.146. The number of amides is 2. The fourth-order valence-corrected chi connectivity index (χ4v) is 5.01.